The maximum Gasteiger partial charge on any atom is 0.327 e. The fourth-order valence-corrected chi connectivity index (χ4v) is 2.19. The normalized spacial score (nSPS) is 16.6. The number of rotatable bonds is 4. The van der Waals surface area contributed by atoms with Gasteiger partial charge in [-0.05, 0) is 12.8 Å². The molecule has 0 spiro atoms. The highest BCUT2D eigenvalue weighted by molar-refractivity contribution is 6.15. The predicted molar refractivity (Wildman–Crippen MR) is 59.1 cm³/mol. The SMILES string of the molecule is COC(=O)C(C(=O)OC)C(=O)C1CCCCC1. The summed E-state index contributed by atoms with van der Waals surface area (Å²) in [5.41, 5.74) is 0. The smallest absolute Gasteiger partial charge is 0.327 e. The molecule has 0 aromatic carbocycles. The first-order valence-corrected chi connectivity index (χ1v) is 5.81. The molecule has 0 N–H and O–H groups in total. The zero-order valence-corrected chi connectivity index (χ0v) is 10.2. The Morgan fingerprint density at radius 2 is 1.41 bits per heavy atom. The lowest BCUT2D eigenvalue weighted by Gasteiger charge is -2.22. The van der Waals surface area contributed by atoms with Gasteiger partial charge >= 0.3 is 11.9 Å². The van der Waals surface area contributed by atoms with Crippen LogP contribution in [0.15, 0.2) is 0 Å². The molecule has 1 aliphatic carbocycles. The molecule has 1 fully saturated rings. The highest BCUT2D eigenvalue weighted by Crippen LogP contribution is 2.27. The minimum Gasteiger partial charge on any atom is -0.468 e. The number of hydrogen-bond acceptors (Lipinski definition) is 5. The van der Waals surface area contributed by atoms with Crippen LogP contribution in [0, 0.1) is 11.8 Å². The Balaban J connectivity index is 2.78. The van der Waals surface area contributed by atoms with E-state index in [1.165, 1.54) is 0 Å². The highest BCUT2D eigenvalue weighted by Gasteiger charge is 2.39. The number of ether oxygens (including phenoxy) is 2. The molecule has 0 bridgehead atoms. The molecule has 96 valence electrons. The molecule has 0 radical (unpaired) electrons. The first kappa shape index (κ1) is 13.7. The van der Waals surface area contributed by atoms with Crippen LogP contribution in [-0.2, 0) is 23.9 Å². The Morgan fingerprint density at radius 3 is 1.82 bits per heavy atom. The van der Waals surface area contributed by atoms with Gasteiger partial charge in [-0.25, -0.2) is 0 Å². The second-order valence-electron chi connectivity index (χ2n) is 4.22. The van der Waals surface area contributed by atoms with E-state index in [0.29, 0.717) is 0 Å². The summed E-state index contributed by atoms with van der Waals surface area (Å²) < 4.78 is 8.97. The first-order valence-electron chi connectivity index (χ1n) is 5.81. The van der Waals surface area contributed by atoms with Crippen LogP contribution in [0.2, 0.25) is 0 Å². The lowest BCUT2D eigenvalue weighted by atomic mass is 9.81. The van der Waals surface area contributed by atoms with Gasteiger partial charge in [0, 0.05) is 5.92 Å². The summed E-state index contributed by atoms with van der Waals surface area (Å²) in [6.45, 7) is 0. The van der Waals surface area contributed by atoms with E-state index in [1.807, 2.05) is 0 Å². The topological polar surface area (TPSA) is 69.7 Å². The number of carbonyl (C=O) groups excluding carboxylic acids is 3. The van der Waals surface area contributed by atoms with E-state index in [1.54, 1.807) is 0 Å². The Bertz CT molecular complexity index is 288. The monoisotopic (exact) mass is 242 g/mol. The number of esters is 2. The number of hydrogen-bond donors (Lipinski definition) is 0. The lowest BCUT2D eigenvalue weighted by molar-refractivity contribution is -0.162. The van der Waals surface area contributed by atoms with Crippen molar-refractivity contribution in [1.29, 1.82) is 0 Å². The average Bonchev–Trinajstić information content (AvgIpc) is 2.39. The van der Waals surface area contributed by atoms with Crippen molar-refractivity contribution in [2.45, 2.75) is 32.1 Å². The van der Waals surface area contributed by atoms with Crippen molar-refractivity contribution in [3.05, 3.63) is 0 Å². The van der Waals surface area contributed by atoms with Gasteiger partial charge in [0.1, 0.15) is 0 Å². The molecule has 0 aromatic heterocycles. The van der Waals surface area contributed by atoms with Gasteiger partial charge in [-0.3, -0.25) is 14.4 Å². The third kappa shape index (κ3) is 3.28. The van der Waals surface area contributed by atoms with E-state index in [-0.39, 0.29) is 11.7 Å². The van der Waals surface area contributed by atoms with Gasteiger partial charge in [0.05, 0.1) is 14.2 Å². The van der Waals surface area contributed by atoms with Crippen molar-refractivity contribution in [3.8, 4) is 0 Å². The standard InChI is InChI=1S/C12H18O5/c1-16-11(14)9(12(15)17-2)10(13)8-6-4-3-5-7-8/h8-9H,3-7H2,1-2H3. The van der Waals surface area contributed by atoms with Gasteiger partial charge in [0.25, 0.3) is 0 Å². The highest BCUT2D eigenvalue weighted by atomic mass is 16.5. The van der Waals surface area contributed by atoms with Crippen LogP contribution in [0.3, 0.4) is 0 Å². The molecule has 0 heterocycles. The third-order valence-corrected chi connectivity index (χ3v) is 3.17. The summed E-state index contributed by atoms with van der Waals surface area (Å²) in [6, 6.07) is 0. The van der Waals surface area contributed by atoms with Crippen LogP contribution in [-0.4, -0.2) is 31.9 Å². The summed E-state index contributed by atoms with van der Waals surface area (Å²) in [5.74, 6) is -3.64. The minimum absolute atomic E-state index is 0.216. The Morgan fingerprint density at radius 1 is 0.941 bits per heavy atom. The zero-order chi connectivity index (χ0) is 12.8. The van der Waals surface area contributed by atoms with Gasteiger partial charge in [-0.1, -0.05) is 19.3 Å². The van der Waals surface area contributed by atoms with Gasteiger partial charge < -0.3 is 9.47 Å². The van der Waals surface area contributed by atoms with Crippen LogP contribution in [0.1, 0.15) is 32.1 Å². The molecule has 17 heavy (non-hydrogen) atoms. The maximum absolute atomic E-state index is 12.1. The lowest BCUT2D eigenvalue weighted by Crippen LogP contribution is -2.38. The number of methoxy groups -OCH3 is 2. The molecular formula is C12H18O5. The fourth-order valence-electron chi connectivity index (χ4n) is 2.19. The summed E-state index contributed by atoms with van der Waals surface area (Å²) in [6.07, 6.45) is 4.51. The molecule has 0 saturated heterocycles. The van der Waals surface area contributed by atoms with Crippen molar-refractivity contribution in [2.24, 2.45) is 11.8 Å². The molecule has 5 heteroatoms. The molecule has 1 rings (SSSR count). The van der Waals surface area contributed by atoms with E-state index >= 15 is 0 Å². The van der Waals surface area contributed by atoms with Gasteiger partial charge in [-0.2, -0.15) is 0 Å². The van der Waals surface area contributed by atoms with Crippen LogP contribution in [0.25, 0.3) is 0 Å². The molecule has 0 amide bonds. The van der Waals surface area contributed by atoms with Crippen LogP contribution in [0.4, 0.5) is 0 Å². The Labute approximate surface area is 100 Å². The molecule has 1 aliphatic rings. The average molecular weight is 242 g/mol. The third-order valence-electron chi connectivity index (χ3n) is 3.17. The maximum atomic E-state index is 12.1. The Kier molecular flexibility index (Phi) is 5.12. The van der Waals surface area contributed by atoms with Crippen molar-refractivity contribution in [3.63, 3.8) is 0 Å². The molecular weight excluding hydrogens is 224 g/mol. The van der Waals surface area contributed by atoms with Crippen LogP contribution in [0.5, 0.6) is 0 Å². The second kappa shape index (κ2) is 6.37. The summed E-state index contributed by atoms with van der Waals surface area (Å²) in [7, 11) is 2.32. The van der Waals surface area contributed by atoms with Crippen LogP contribution >= 0.6 is 0 Å². The predicted octanol–water partition coefficient (Wildman–Crippen LogP) is 1.10. The van der Waals surface area contributed by atoms with Gasteiger partial charge in [0.15, 0.2) is 5.78 Å². The summed E-state index contributed by atoms with van der Waals surface area (Å²) >= 11 is 0. The van der Waals surface area contributed by atoms with E-state index in [9.17, 15) is 14.4 Å². The molecule has 1 saturated carbocycles. The number of carbonyl (C=O) groups is 3. The quantitative estimate of drug-likeness (QED) is 0.545. The molecule has 0 aromatic rings. The van der Waals surface area contributed by atoms with Crippen molar-refractivity contribution in [1.82, 2.24) is 0 Å². The van der Waals surface area contributed by atoms with E-state index < -0.39 is 17.9 Å². The van der Waals surface area contributed by atoms with Crippen molar-refractivity contribution in [2.75, 3.05) is 14.2 Å². The van der Waals surface area contributed by atoms with E-state index in [0.717, 1.165) is 46.3 Å². The minimum atomic E-state index is -1.41. The zero-order valence-electron chi connectivity index (χ0n) is 10.2. The van der Waals surface area contributed by atoms with E-state index in [2.05, 4.69) is 9.47 Å². The first-order chi connectivity index (χ1) is 8.11. The number of Topliss-reactive ketones (excluding diaryl/α,β-unsaturated/α-hetero) is 1. The van der Waals surface area contributed by atoms with Crippen molar-refractivity contribution < 1.29 is 23.9 Å². The van der Waals surface area contributed by atoms with E-state index in [4.69, 9.17) is 0 Å². The summed E-state index contributed by atoms with van der Waals surface area (Å²) in [4.78, 5) is 35.0. The van der Waals surface area contributed by atoms with Gasteiger partial charge in [-0.15, -0.1) is 0 Å². The number of ketones is 1. The largest absolute Gasteiger partial charge is 0.468 e. The second-order valence-corrected chi connectivity index (χ2v) is 4.22. The Hall–Kier alpha value is -1.39. The fraction of sp³-hybridized carbons (Fsp3) is 0.750. The summed E-state index contributed by atoms with van der Waals surface area (Å²) in [5, 5.41) is 0. The van der Waals surface area contributed by atoms with Crippen LogP contribution < -0.4 is 0 Å². The molecule has 5 nitrogen and oxygen atoms in total. The molecule has 0 unspecified atom stereocenters. The molecule has 0 aliphatic heterocycles. The van der Waals surface area contributed by atoms with Gasteiger partial charge in [0.2, 0.25) is 5.92 Å². The molecule has 0 atom stereocenters. The van der Waals surface area contributed by atoms with Crippen molar-refractivity contribution >= 4 is 17.7 Å².